The van der Waals surface area contributed by atoms with Gasteiger partial charge in [0.25, 0.3) is 0 Å². The van der Waals surface area contributed by atoms with E-state index in [1.165, 1.54) is 77.2 Å². The lowest BCUT2D eigenvalue weighted by Gasteiger charge is -2.08. The Kier molecular flexibility index (Phi) is 3.27. The monoisotopic (exact) mass is 442 g/mol. The fourth-order valence-corrected chi connectivity index (χ4v) is 7.12. The summed E-state index contributed by atoms with van der Waals surface area (Å²) in [6.07, 6.45) is 3.15. The van der Waals surface area contributed by atoms with Gasteiger partial charge in [0.15, 0.2) is 0 Å². The van der Waals surface area contributed by atoms with Crippen molar-refractivity contribution in [3.63, 3.8) is 0 Å². The highest BCUT2D eigenvalue weighted by atomic mass is 14.3. The lowest BCUT2D eigenvalue weighted by Crippen LogP contribution is -1.91. The fourth-order valence-electron chi connectivity index (χ4n) is 7.12. The molecule has 0 saturated carbocycles. The minimum atomic E-state index is 1.04. The molecule has 9 rings (SSSR count). The summed E-state index contributed by atoms with van der Waals surface area (Å²) in [5.41, 5.74) is 17.7. The van der Waals surface area contributed by atoms with Crippen LogP contribution in [0.5, 0.6) is 0 Å². The highest BCUT2D eigenvalue weighted by molar-refractivity contribution is 5.98. The quantitative estimate of drug-likeness (QED) is 0.220. The summed E-state index contributed by atoms with van der Waals surface area (Å²) in [7, 11) is 0. The largest absolute Gasteiger partial charge is 0.0616 e. The Balaban J connectivity index is 1.18. The smallest absolute Gasteiger partial charge is 0.000706 e. The average molecular weight is 443 g/mol. The second-order valence-corrected chi connectivity index (χ2v) is 10.5. The van der Waals surface area contributed by atoms with Crippen molar-refractivity contribution in [2.75, 3.05) is 0 Å². The van der Waals surface area contributed by atoms with Gasteiger partial charge < -0.3 is 0 Å². The van der Waals surface area contributed by atoms with Gasteiger partial charge in [0.1, 0.15) is 0 Å². The van der Waals surface area contributed by atoms with E-state index in [0.29, 0.717) is 0 Å². The van der Waals surface area contributed by atoms with Gasteiger partial charge >= 0.3 is 0 Å². The molecule has 0 nitrogen and oxygen atoms in total. The average Bonchev–Trinajstić information content (AvgIpc) is 3.56. The minimum absolute atomic E-state index is 1.04. The highest BCUT2D eigenvalue weighted by Gasteiger charge is 2.30. The highest BCUT2D eigenvalue weighted by Crippen LogP contribution is 2.50. The molecule has 0 spiro atoms. The Labute approximate surface area is 204 Å². The van der Waals surface area contributed by atoms with Gasteiger partial charge in [-0.2, -0.15) is 0 Å². The molecule has 0 aliphatic heterocycles. The molecule has 35 heavy (non-hydrogen) atoms. The Morgan fingerprint density at radius 1 is 0.343 bits per heavy atom. The third-order valence-electron chi connectivity index (χ3n) is 8.74. The maximum atomic E-state index is 2.51. The molecule has 0 radical (unpaired) electrons. The Bertz CT molecular complexity index is 1920. The lowest BCUT2D eigenvalue weighted by molar-refractivity contribution is 1.16. The van der Waals surface area contributed by atoms with Gasteiger partial charge in [-0.15, -0.1) is 0 Å². The van der Waals surface area contributed by atoms with Crippen molar-refractivity contribution in [1.82, 2.24) is 0 Å². The first-order valence-electron chi connectivity index (χ1n) is 12.7. The van der Waals surface area contributed by atoms with Crippen LogP contribution in [0.1, 0.15) is 33.4 Å². The standard InChI is InChI=1S/C35H22/c1-2-7-22-14-30-23(13-21(22)6-1)17-34-28(30)11-12-29-32-15-24-18-33-26-8-4-3-5-20(26)9-10-27(33)31(24)16-25(32)19-35(29)34/h1-16H,17-19H2. The molecule has 6 aromatic carbocycles. The van der Waals surface area contributed by atoms with E-state index in [4.69, 9.17) is 0 Å². The number of rotatable bonds is 0. The molecule has 0 fully saturated rings. The summed E-state index contributed by atoms with van der Waals surface area (Å²) >= 11 is 0. The van der Waals surface area contributed by atoms with E-state index in [2.05, 4.69) is 97.1 Å². The maximum absolute atomic E-state index is 2.51. The summed E-state index contributed by atoms with van der Waals surface area (Å²) in [5, 5.41) is 5.44. The summed E-state index contributed by atoms with van der Waals surface area (Å²) in [6, 6.07) is 36.8. The molecule has 0 atom stereocenters. The van der Waals surface area contributed by atoms with Crippen molar-refractivity contribution < 1.29 is 0 Å². The van der Waals surface area contributed by atoms with E-state index in [0.717, 1.165) is 19.3 Å². The molecule has 0 bridgehead atoms. The minimum Gasteiger partial charge on any atom is -0.0616 e. The van der Waals surface area contributed by atoms with Crippen molar-refractivity contribution in [3.8, 4) is 33.4 Å². The predicted octanol–water partition coefficient (Wildman–Crippen LogP) is 8.71. The zero-order valence-electron chi connectivity index (χ0n) is 19.4. The van der Waals surface area contributed by atoms with E-state index < -0.39 is 0 Å². The first-order chi connectivity index (χ1) is 17.3. The van der Waals surface area contributed by atoms with Crippen LogP contribution in [0.3, 0.4) is 0 Å². The first kappa shape index (κ1) is 18.2. The third-order valence-corrected chi connectivity index (χ3v) is 8.74. The van der Waals surface area contributed by atoms with Crippen LogP contribution in [0.4, 0.5) is 0 Å². The fraction of sp³-hybridized carbons (Fsp3) is 0.0857. The van der Waals surface area contributed by atoms with Gasteiger partial charge in [0.2, 0.25) is 0 Å². The van der Waals surface area contributed by atoms with Crippen LogP contribution in [-0.2, 0) is 19.3 Å². The van der Waals surface area contributed by atoms with Crippen molar-refractivity contribution >= 4 is 21.5 Å². The van der Waals surface area contributed by atoms with E-state index in [1.54, 1.807) is 11.1 Å². The van der Waals surface area contributed by atoms with E-state index in [1.807, 2.05) is 0 Å². The maximum Gasteiger partial charge on any atom is -0.000706 e. The van der Waals surface area contributed by atoms with Crippen LogP contribution >= 0.6 is 0 Å². The molecule has 0 aromatic heterocycles. The van der Waals surface area contributed by atoms with Crippen molar-refractivity contribution in [3.05, 3.63) is 130 Å². The third kappa shape index (κ3) is 2.32. The molecular formula is C35H22. The number of fused-ring (bicyclic) bond motifs is 13. The molecule has 0 unspecified atom stereocenters. The Hall–Kier alpha value is -4.16. The Morgan fingerprint density at radius 2 is 0.829 bits per heavy atom. The van der Waals surface area contributed by atoms with Gasteiger partial charge in [-0.25, -0.2) is 0 Å². The SMILES string of the molecule is c1ccc2cc3c(cc2c1)Cc1c-3ccc2c1Cc1cc3c(cc1-2)Cc1c-3ccc2ccccc12. The molecule has 0 heterocycles. The van der Waals surface area contributed by atoms with E-state index in [9.17, 15) is 0 Å². The van der Waals surface area contributed by atoms with Crippen LogP contribution < -0.4 is 0 Å². The Morgan fingerprint density at radius 3 is 1.54 bits per heavy atom. The van der Waals surface area contributed by atoms with E-state index >= 15 is 0 Å². The van der Waals surface area contributed by atoms with Crippen molar-refractivity contribution in [1.29, 1.82) is 0 Å². The van der Waals surface area contributed by atoms with Gasteiger partial charge in [-0.05, 0) is 126 Å². The summed E-state index contributed by atoms with van der Waals surface area (Å²) in [6.45, 7) is 0. The molecule has 0 N–H and O–H groups in total. The zero-order chi connectivity index (χ0) is 22.7. The van der Waals surface area contributed by atoms with Crippen LogP contribution in [0.25, 0.3) is 54.9 Å². The molecular weight excluding hydrogens is 420 g/mol. The van der Waals surface area contributed by atoms with Crippen LogP contribution in [-0.4, -0.2) is 0 Å². The van der Waals surface area contributed by atoms with Crippen LogP contribution in [0, 0.1) is 0 Å². The van der Waals surface area contributed by atoms with Gasteiger partial charge in [-0.1, -0.05) is 78.9 Å². The second kappa shape index (κ2) is 6.29. The summed E-state index contributed by atoms with van der Waals surface area (Å²) in [4.78, 5) is 0. The molecule has 6 aromatic rings. The summed E-state index contributed by atoms with van der Waals surface area (Å²) < 4.78 is 0. The topological polar surface area (TPSA) is 0 Å². The molecule has 0 heteroatoms. The number of benzene rings is 6. The zero-order valence-corrected chi connectivity index (χ0v) is 19.4. The van der Waals surface area contributed by atoms with E-state index in [-0.39, 0.29) is 0 Å². The van der Waals surface area contributed by atoms with Crippen molar-refractivity contribution in [2.24, 2.45) is 0 Å². The summed E-state index contributed by atoms with van der Waals surface area (Å²) in [5.74, 6) is 0. The van der Waals surface area contributed by atoms with Crippen LogP contribution in [0.2, 0.25) is 0 Å². The second-order valence-electron chi connectivity index (χ2n) is 10.5. The molecule has 162 valence electrons. The normalized spacial score (nSPS) is 13.9. The predicted molar refractivity (Wildman–Crippen MR) is 146 cm³/mol. The molecule has 3 aliphatic carbocycles. The first-order valence-corrected chi connectivity index (χ1v) is 12.7. The molecule has 0 saturated heterocycles. The molecule has 0 amide bonds. The number of hydrogen-bond donors (Lipinski definition) is 0. The van der Waals surface area contributed by atoms with Gasteiger partial charge in [0, 0.05) is 0 Å². The van der Waals surface area contributed by atoms with Gasteiger partial charge in [0.05, 0.1) is 0 Å². The number of hydrogen-bond acceptors (Lipinski definition) is 0. The van der Waals surface area contributed by atoms with Crippen molar-refractivity contribution in [2.45, 2.75) is 19.3 Å². The van der Waals surface area contributed by atoms with Gasteiger partial charge in [-0.3, -0.25) is 0 Å². The lowest BCUT2D eigenvalue weighted by atomic mass is 9.95. The molecule has 3 aliphatic rings. The van der Waals surface area contributed by atoms with Crippen LogP contribution in [0.15, 0.2) is 97.1 Å².